The van der Waals surface area contributed by atoms with Gasteiger partial charge in [0.2, 0.25) is 0 Å². The first-order valence-corrected chi connectivity index (χ1v) is 7.55. The summed E-state index contributed by atoms with van der Waals surface area (Å²) in [7, 11) is 0. The average Bonchev–Trinajstić information content (AvgIpc) is 2.81. The number of halogens is 1. The van der Waals surface area contributed by atoms with E-state index < -0.39 is 11.8 Å². The molecule has 1 aromatic heterocycles. The van der Waals surface area contributed by atoms with Gasteiger partial charge < -0.3 is 10.6 Å². The zero-order valence-electron chi connectivity index (χ0n) is 11.5. The fraction of sp³-hybridized carbons (Fsp3) is 0.214. The number of rotatable bonds is 2. The Hall–Kier alpha value is -2.48. The van der Waals surface area contributed by atoms with E-state index in [1.165, 1.54) is 18.2 Å². The minimum absolute atomic E-state index is 0.0795. The first-order chi connectivity index (χ1) is 10.6. The van der Waals surface area contributed by atoms with Gasteiger partial charge in [0.25, 0.3) is 5.91 Å². The highest BCUT2D eigenvalue weighted by Gasteiger charge is 2.21. The van der Waals surface area contributed by atoms with Crippen LogP contribution in [0.2, 0.25) is 0 Å². The van der Waals surface area contributed by atoms with Gasteiger partial charge in [0.15, 0.2) is 5.13 Å². The van der Waals surface area contributed by atoms with Crippen molar-refractivity contribution in [2.75, 3.05) is 17.2 Å². The zero-order chi connectivity index (χ0) is 15.5. The largest absolute Gasteiger partial charge is 0.351 e. The highest BCUT2D eigenvalue weighted by atomic mass is 32.1. The summed E-state index contributed by atoms with van der Waals surface area (Å²) in [5.41, 5.74) is 0.761. The van der Waals surface area contributed by atoms with Crippen LogP contribution in [-0.2, 0) is 6.42 Å². The number of hydrogen-bond acceptors (Lipinski definition) is 4. The van der Waals surface area contributed by atoms with Crippen molar-refractivity contribution in [3.8, 4) is 0 Å². The summed E-state index contributed by atoms with van der Waals surface area (Å²) < 4.78 is 13.5. The van der Waals surface area contributed by atoms with E-state index in [2.05, 4.69) is 20.9 Å². The molecule has 0 aliphatic carbocycles. The van der Waals surface area contributed by atoms with Crippen LogP contribution in [0.4, 0.5) is 20.0 Å². The Bertz CT molecular complexity index is 731. The molecule has 0 radical (unpaired) electrons. The Labute approximate surface area is 129 Å². The molecule has 22 heavy (non-hydrogen) atoms. The van der Waals surface area contributed by atoms with Crippen molar-refractivity contribution in [3.63, 3.8) is 0 Å². The van der Waals surface area contributed by atoms with E-state index in [-0.39, 0.29) is 11.6 Å². The molecule has 0 saturated carbocycles. The molecule has 2 heterocycles. The minimum Gasteiger partial charge on any atom is -0.351 e. The van der Waals surface area contributed by atoms with E-state index in [4.69, 9.17) is 0 Å². The molecule has 8 heteroatoms. The topological polar surface area (TPSA) is 83.1 Å². The molecule has 0 unspecified atom stereocenters. The molecule has 0 fully saturated rings. The van der Waals surface area contributed by atoms with Crippen LogP contribution in [0.5, 0.6) is 0 Å². The maximum absolute atomic E-state index is 13.5. The van der Waals surface area contributed by atoms with E-state index >= 15 is 0 Å². The van der Waals surface area contributed by atoms with Crippen LogP contribution >= 0.6 is 11.3 Å². The maximum Gasteiger partial charge on any atom is 0.325 e. The summed E-state index contributed by atoms with van der Waals surface area (Å²) in [6, 6.07) is 5.27. The number of nitrogens with zero attached hydrogens (tertiary/aromatic N) is 1. The number of nitrogens with one attached hydrogen (secondary N) is 3. The first-order valence-electron chi connectivity index (χ1n) is 6.74. The standard InChI is InChI=1S/C14H13FN4O2S/c15-8-4-1-2-5-9(8)17-13(21)19-14-18-10-6-3-7-16-12(20)11(10)22-14/h1-2,4-5H,3,6-7H2,(H,16,20)(H2,17,18,19,21). The van der Waals surface area contributed by atoms with Gasteiger partial charge in [-0.15, -0.1) is 0 Å². The highest BCUT2D eigenvalue weighted by Crippen LogP contribution is 2.25. The van der Waals surface area contributed by atoms with Crippen LogP contribution in [0, 0.1) is 5.82 Å². The van der Waals surface area contributed by atoms with Gasteiger partial charge >= 0.3 is 6.03 Å². The number of urea groups is 1. The maximum atomic E-state index is 13.5. The number of aromatic nitrogens is 1. The van der Waals surface area contributed by atoms with Crippen LogP contribution in [0.25, 0.3) is 0 Å². The first kappa shape index (κ1) is 14.5. The van der Waals surface area contributed by atoms with Crippen molar-refractivity contribution in [1.82, 2.24) is 10.3 Å². The molecule has 2 aromatic rings. The molecule has 0 bridgehead atoms. The number of aryl methyl sites for hydroxylation is 1. The molecular formula is C14H13FN4O2S. The Kier molecular flexibility index (Phi) is 4.01. The van der Waals surface area contributed by atoms with Gasteiger partial charge in [-0.25, -0.2) is 14.2 Å². The number of anilines is 2. The smallest absolute Gasteiger partial charge is 0.325 e. The Morgan fingerprint density at radius 2 is 2.14 bits per heavy atom. The zero-order valence-corrected chi connectivity index (χ0v) is 12.3. The van der Waals surface area contributed by atoms with Gasteiger partial charge in [-0.3, -0.25) is 10.1 Å². The summed E-state index contributed by atoms with van der Waals surface area (Å²) in [5.74, 6) is -0.695. The molecular weight excluding hydrogens is 307 g/mol. The number of amides is 3. The lowest BCUT2D eigenvalue weighted by Crippen LogP contribution is -2.21. The Morgan fingerprint density at radius 1 is 1.32 bits per heavy atom. The number of para-hydroxylation sites is 1. The Balaban J connectivity index is 1.71. The van der Waals surface area contributed by atoms with E-state index in [1.807, 2.05) is 0 Å². The average molecular weight is 320 g/mol. The molecule has 3 rings (SSSR count). The number of carbonyl (C=O) groups excluding carboxylic acids is 2. The van der Waals surface area contributed by atoms with Crippen molar-refractivity contribution in [1.29, 1.82) is 0 Å². The van der Waals surface area contributed by atoms with Crippen LogP contribution in [0.3, 0.4) is 0 Å². The monoisotopic (exact) mass is 320 g/mol. The van der Waals surface area contributed by atoms with Gasteiger partial charge in [-0.1, -0.05) is 23.5 Å². The van der Waals surface area contributed by atoms with Crippen LogP contribution in [0.15, 0.2) is 24.3 Å². The third-order valence-electron chi connectivity index (χ3n) is 3.12. The normalized spacial score (nSPS) is 13.8. The predicted molar refractivity (Wildman–Crippen MR) is 81.8 cm³/mol. The second-order valence-corrected chi connectivity index (χ2v) is 5.71. The SMILES string of the molecule is O=C(Nc1nc2c(s1)C(=O)NCCC2)Nc1ccccc1F. The third-order valence-corrected chi connectivity index (χ3v) is 4.13. The van der Waals surface area contributed by atoms with Gasteiger partial charge in [0.05, 0.1) is 11.4 Å². The number of hydrogen-bond donors (Lipinski definition) is 3. The number of fused-ring (bicyclic) bond motifs is 1. The van der Waals surface area contributed by atoms with Gasteiger partial charge in [0.1, 0.15) is 10.7 Å². The molecule has 1 aliphatic rings. The molecule has 6 nitrogen and oxygen atoms in total. The molecule has 1 aliphatic heterocycles. The molecule has 0 saturated heterocycles. The van der Waals surface area contributed by atoms with Crippen LogP contribution < -0.4 is 16.0 Å². The van der Waals surface area contributed by atoms with Crippen molar-refractivity contribution < 1.29 is 14.0 Å². The van der Waals surface area contributed by atoms with Crippen LogP contribution in [0.1, 0.15) is 21.8 Å². The summed E-state index contributed by atoms with van der Waals surface area (Å²) in [5, 5.41) is 8.01. The summed E-state index contributed by atoms with van der Waals surface area (Å²) in [6.45, 7) is 0.623. The van der Waals surface area contributed by atoms with Crippen molar-refractivity contribution in [3.05, 3.63) is 40.7 Å². The van der Waals surface area contributed by atoms with Gasteiger partial charge in [-0.05, 0) is 25.0 Å². The molecule has 0 spiro atoms. The quantitative estimate of drug-likeness (QED) is 0.795. The van der Waals surface area contributed by atoms with E-state index in [9.17, 15) is 14.0 Å². The van der Waals surface area contributed by atoms with Crippen molar-refractivity contribution in [2.24, 2.45) is 0 Å². The van der Waals surface area contributed by atoms with Crippen LogP contribution in [-0.4, -0.2) is 23.5 Å². The van der Waals surface area contributed by atoms with Crippen molar-refractivity contribution in [2.45, 2.75) is 12.8 Å². The second kappa shape index (κ2) is 6.10. The summed E-state index contributed by atoms with van der Waals surface area (Å²) >= 11 is 1.11. The fourth-order valence-electron chi connectivity index (χ4n) is 2.10. The number of thiazole rings is 1. The van der Waals surface area contributed by atoms with E-state index in [0.29, 0.717) is 28.7 Å². The Morgan fingerprint density at radius 3 is 2.95 bits per heavy atom. The molecule has 3 N–H and O–H groups in total. The molecule has 114 valence electrons. The number of carbonyl (C=O) groups is 2. The van der Waals surface area contributed by atoms with E-state index in [0.717, 1.165) is 17.8 Å². The summed E-state index contributed by atoms with van der Waals surface area (Å²) in [6.07, 6.45) is 1.49. The summed E-state index contributed by atoms with van der Waals surface area (Å²) in [4.78, 5) is 28.5. The van der Waals surface area contributed by atoms with Crippen molar-refractivity contribution >= 4 is 34.1 Å². The highest BCUT2D eigenvalue weighted by molar-refractivity contribution is 7.17. The fourth-order valence-corrected chi connectivity index (χ4v) is 3.03. The molecule has 3 amide bonds. The lowest BCUT2D eigenvalue weighted by molar-refractivity contribution is 0.0960. The predicted octanol–water partition coefficient (Wildman–Crippen LogP) is 2.60. The number of benzene rings is 1. The second-order valence-electron chi connectivity index (χ2n) is 4.71. The van der Waals surface area contributed by atoms with Gasteiger partial charge in [-0.2, -0.15) is 0 Å². The van der Waals surface area contributed by atoms with E-state index in [1.54, 1.807) is 6.07 Å². The molecule has 1 aromatic carbocycles. The van der Waals surface area contributed by atoms with Gasteiger partial charge in [0, 0.05) is 6.54 Å². The lowest BCUT2D eigenvalue weighted by atomic mass is 10.2. The molecule has 0 atom stereocenters. The minimum atomic E-state index is -0.602. The lowest BCUT2D eigenvalue weighted by Gasteiger charge is -2.06. The third kappa shape index (κ3) is 3.06.